The van der Waals surface area contributed by atoms with Crippen molar-refractivity contribution in [3.63, 3.8) is 0 Å². The molecule has 1 amide bonds. The fourth-order valence-corrected chi connectivity index (χ4v) is 3.29. The summed E-state index contributed by atoms with van der Waals surface area (Å²) in [7, 11) is 0. The Morgan fingerprint density at radius 2 is 1.81 bits per heavy atom. The summed E-state index contributed by atoms with van der Waals surface area (Å²) in [6.45, 7) is 5.05. The molecule has 0 spiro atoms. The number of aryl methyl sites for hydroxylation is 1. The SMILES string of the molecule is CC(C)N(Cc1ccccc1)C(=O)Cn1c(CCCO)nc2ccccc21. The molecule has 1 aromatic heterocycles. The van der Waals surface area contributed by atoms with E-state index in [0.717, 1.165) is 22.4 Å². The van der Waals surface area contributed by atoms with Crippen molar-refractivity contribution in [1.29, 1.82) is 0 Å². The summed E-state index contributed by atoms with van der Waals surface area (Å²) in [5, 5.41) is 9.19. The Labute approximate surface area is 160 Å². The van der Waals surface area contributed by atoms with E-state index in [2.05, 4.69) is 4.98 Å². The third kappa shape index (κ3) is 4.55. The molecule has 0 fully saturated rings. The van der Waals surface area contributed by atoms with Crippen LogP contribution in [0, 0.1) is 0 Å². The lowest BCUT2D eigenvalue weighted by Gasteiger charge is -2.27. The first-order chi connectivity index (χ1) is 13.1. The van der Waals surface area contributed by atoms with Gasteiger partial charge < -0.3 is 14.6 Å². The van der Waals surface area contributed by atoms with Gasteiger partial charge >= 0.3 is 0 Å². The highest BCUT2D eigenvalue weighted by atomic mass is 16.3. The van der Waals surface area contributed by atoms with Crippen LogP contribution in [0.2, 0.25) is 0 Å². The van der Waals surface area contributed by atoms with E-state index in [0.29, 0.717) is 19.4 Å². The van der Waals surface area contributed by atoms with E-state index in [-0.39, 0.29) is 25.1 Å². The Morgan fingerprint density at radius 1 is 1.11 bits per heavy atom. The monoisotopic (exact) mass is 365 g/mol. The molecule has 0 radical (unpaired) electrons. The summed E-state index contributed by atoms with van der Waals surface area (Å²) in [4.78, 5) is 19.7. The number of hydrogen-bond donors (Lipinski definition) is 1. The van der Waals surface area contributed by atoms with Gasteiger partial charge in [0.2, 0.25) is 5.91 Å². The molecule has 1 heterocycles. The van der Waals surface area contributed by atoms with Crippen molar-refractivity contribution < 1.29 is 9.90 Å². The molecule has 3 rings (SSSR count). The Hall–Kier alpha value is -2.66. The first kappa shape index (κ1) is 19.1. The van der Waals surface area contributed by atoms with Crippen LogP contribution in [0.1, 0.15) is 31.7 Å². The summed E-state index contributed by atoms with van der Waals surface area (Å²) in [6, 6.07) is 18.0. The number of aromatic nitrogens is 2. The van der Waals surface area contributed by atoms with E-state index in [1.165, 1.54) is 0 Å². The van der Waals surface area contributed by atoms with E-state index in [4.69, 9.17) is 0 Å². The van der Waals surface area contributed by atoms with Crippen molar-refractivity contribution in [2.75, 3.05) is 6.61 Å². The van der Waals surface area contributed by atoms with Crippen LogP contribution in [0.25, 0.3) is 11.0 Å². The lowest BCUT2D eigenvalue weighted by atomic mass is 10.2. The second-order valence-electron chi connectivity index (χ2n) is 7.03. The van der Waals surface area contributed by atoms with Gasteiger partial charge in [-0.2, -0.15) is 0 Å². The molecule has 0 aliphatic rings. The molecule has 3 aromatic rings. The van der Waals surface area contributed by atoms with Gasteiger partial charge in [-0.1, -0.05) is 42.5 Å². The van der Waals surface area contributed by atoms with Crippen LogP contribution in [0.5, 0.6) is 0 Å². The first-order valence-corrected chi connectivity index (χ1v) is 9.48. The molecular weight excluding hydrogens is 338 g/mol. The van der Waals surface area contributed by atoms with Crippen molar-refractivity contribution in [3.8, 4) is 0 Å². The van der Waals surface area contributed by atoms with E-state index < -0.39 is 0 Å². The third-order valence-electron chi connectivity index (χ3n) is 4.72. The molecule has 5 nitrogen and oxygen atoms in total. The number of carbonyl (C=O) groups excluding carboxylic acids is 1. The number of para-hydroxylation sites is 2. The van der Waals surface area contributed by atoms with Gasteiger partial charge in [-0.05, 0) is 38.0 Å². The molecule has 2 aromatic carbocycles. The van der Waals surface area contributed by atoms with E-state index in [9.17, 15) is 9.90 Å². The van der Waals surface area contributed by atoms with Gasteiger partial charge in [0.25, 0.3) is 0 Å². The molecule has 0 saturated carbocycles. The van der Waals surface area contributed by atoms with Gasteiger partial charge in [0.05, 0.1) is 11.0 Å². The average molecular weight is 365 g/mol. The number of imidazole rings is 1. The van der Waals surface area contributed by atoms with Crippen LogP contribution in [0.3, 0.4) is 0 Å². The predicted octanol–water partition coefficient (Wildman–Crippen LogP) is 3.40. The van der Waals surface area contributed by atoms with Crippen LogP contribution in [0.15, 0.2) is 54.6 Å². The number of amides is 1. The van der Waals surface area contributed by atoms with E-state index in [1.54, 1.807) is 0 Å². The Balaban J connectivity index is 1.86. The van der Waals surface area contributed by atoms with Gasteiger partial charge in [-0.25, -0.2) is 4.98 Å². The van der Waals surface area contributed by atoms with Crippen LogP contribution in [0.4, 0.5) is 0 Å². The fraction of sp³-hybridized carbons (Fsp3) is 0.364. The number of aliphatic hydroxyl groups is 1. The predicted molar refractivity (Wildman–Crippen MR) is 107 cm³/mol. The number of hydrogen-bond acceptors (Lipinski definition) is 3. The molecule has 142 valence electrons. The van der Waals surface area contributed by atoms with Crippen LogP contribution in [-0.4, -0.2) is 38.1 Å². The zero-order valence-electron chi connectivity index (χ0n) is 16.0. The maximum atomic E-state index is 13.2. The normalized spacial score (nSPS) is 11.3. The van der Waals surface area contributed by atoms with Crippen LogP contribution >= 0.6 is 0 Å². The van der Waals surface area contributed by atoms with Gasteiger partial charge in [0, 0.05) is 25.6 Å². The number of nitrogens with zero attached hydrogens (tertiary/aromatic N) is 3. The highest BCUT2D eigenvalue weighted by Crippen LogP contribution is 2.18. The molecule has 0 atom stereocenters. The molecule has 0 unspecified atom stereocenters. The fourth-order valence-electron chi connectivity index (χ4n) is 3.29. The lowest BCUT2D eigenvalue weighted by Crippen LogP contribution is -2.38. The smallest absolute Gasteiger partial charge is 0.243 e. The maximum Gasteiger partial charge on any atom is 0.243 e. The number of benzene rings is 2. The quantitative estimate of drug-likeness (QED) is 0.666. The molecular formula is C22H27N3O2. The van der Waals surface area contributed by atoms with Gasteiger partial charge in [0.1, 0.15) is 12.4 Å². The Kier molecular flexibility index (Phi) is 6.24. The topological polar surface area (TPSA) is 58.4 Å². The summed E-state index contributed by atoms with van der Waals surface area (Å²) >= 11 is 0. The molecule has 0 bridgehead atoms. The minimum absolute atomic E-state index is 0.0715. The second kappa shape index (κ2) is 8.82. The molecule has 27 heavy (non-hydrogen) atoms. The molecule has 1 N–H and O–H groups in total. The van der Waals surface area contributed by atoms with Crippen molar-refractivity contribution >= 4 is 16.9 Å². The number of carbonyl (C=O) groups is 1. The zero-order valence-corrected chi connectivity index (χ0v) is 16.0. The summed E-state index contributed by atoms with van der Waals surface area (Å²) in [5.41, 5.74) is 2.97. The van der Waals surface area contributed by atoms with Crippen LogP contribution in [-0.2, 0) is 24.3 Å². The lowest BCUT2D eigenvalue weighted by molar-refractivity contribution is -0.134. The average Bonchev–Trinajstić information content (AvgIpc) is 3.02. The Bertz CT molecular complexity index is 887. The van der Waals surface area contributed by atoms with Crippen molar-refractivity contribution in [2.45, 2.75) is 45.8 Å². The standard InChI is InChI=1S/C22H27N3O2/c1-17(2)24(15-18-9-4-3-5-10-18)22(27)16-25-20-12-7-6-11-19(20)23-21(25)13-8-14-26/h3-7,9-12,17,26H,8,13-16H2,1-2H3. The summed E-state index contributed by atoms with van der Waals surface area (Å²) in [5.74, 6) is 0.921. The highest BCUT2D eigenvalue weighted by molar-refractivity contribution is 5.81. The molecule has 0 aliphatic carbocycles. The molecule has 0 saturated heterocycles. The molecule has 5 heteroatoms. The van der Waals surface area contributed by atoms with Crippen molar-refractivity contribution in [1.82, 2.24) is 14.5 Å². The number of aliphatic hydroxyl groups excluding tert-OH is 1. The summed E-state index contributed by atoms with van der Waals surface area (Å²) < 4.78 is 1.99. The zero-order chi connectivity index (χ0) is 19.2. The minimum Gasteiger partial charge on any atom is -0.396 e. The molecule has 0 aliphatic heterocycles. The minimum atomic E-state index is 0.0715. The number of fused-ring (bicyclic) bond motifs is 1. The largest absolute Gasteiger partial charge is 0.396 e. The van der Waals surface area contributed by atoms with E-state index in [1.807, 2.05) is 77.9 Å². The van der Waals surface area contributed by atoms with E-state index >= 15 is 0 Å². The third-order valence-corrected chi connectivity index (χ3v) is 4.72. The van der Waals surface area contributed by atoms with Crippen molar-refractivity contribution in [3.05, 3.63) is 66.0 Å². The second-order valence-corrected chi connectivity index (χ2v) is 7.03. The maximum absolute atomic E-state index is 13.2. The summed E-state index contributed by atoms with van der Waals surface area (Å²) in [6.07, 6.45) is 1.29. The van der Waals surface area contributed by atoms with Crippen LogP contribution < -0.4 is 0 Å². The van der Waals surface area contributed by atoms with Gasteiger partial charge in [0.15, 0.2) is 0 Å². The Morgan fingerprint density at radius 3 is 2.52 bits per heavy atom. The highest BCUT2D eigenvalue weighted by Gasteiger charge is 2.20. The number of rotatable bonds is 8. The van der Waals surface area contributed by atoms with Gasteiger partial charge in [-0.3, -0.25) is 4.79 Å². The first-order valence-electron chi connectivity index (χ1n) is 9.48. The van der Waals surface area contributed by atoms with Crippen molar-refractivity contribution in [2.24, 2.45) is 0 Å². The van der Waals surface area contributed by atoms with Gasteiger partial charge in [-0.15, -0.1) is 0 Å².